The molecule has 7 nitrogen and oxygen atoms in total. The Hall–Kier alpha value is -3.11. The van der Waals surface area contributed by atoms with Crippen molar-refractivity contribution in [1.82, 2.24) is 14.9 Å². The number of fused-ring (bicyclic) bond motifs is 7. The van der Waals surface area contributed by atoms with Crippen LogP contribution in [0, 0.1) is 25.7 Å². The fourth-order valence-electron chi connectivity index (χ4n) is 7.48. The quantitative estimate of drug-likeness (QED) is 0.327. The second kappa shape index (κ2) is 12.0. The van der Waals surface area contributed by atoms with E-state index >= 15 is 0 Å². The molecule has 6 rings (SSSR count). The highest BCUT2D eigenvalue weighted by Crippen LogP contribution is 2.43. The molecule has 10 heteroatoms. The fraction of sp³-hybridized carbons (Fsp3) is 0.529. The van der Waals surface area contributed by atoms with Crippen LogP contribution in [0.2, 0.25) is 0 Å². The van der Waals surface area contributed by atoms with Gasteiger partial charge in [-0.1, -0.05) is 44.2 Å². The van der Waals surface area contributed by atoms with Crippen molar-refractivity contribution in [3.63, 3.8) is 0 Å². The van der Waals surface area contributed by atoms with Gasteiger partial charge < -0.3 is 4.74 Å². The maximum atomic E-state index is 14.1. The first-order valence-corrected chi connectivity index (χ1v) is 17.2. The van der Waals surface area contributed by atoms with E-state index in [2.05, 4.69) is 33.4 Å². The van der Waals surface area contributed by atoms with Gasteiger partial charge in [0.15, 0.2) is 0 Å². The predicted octanol–water partition coefficient (Wildman–Crippen LogP) is 7.35. The molecule has 2 aliphatic heterocycles. The van der Waals surface area contributed by atoms with Gasteiger partial charge in [0.25, 0.3) is 10.0 Å². The molecule has 2 aromatic carbocycles. The molecule has 2 fully saturated rings. The Kier molecular flexibility index (Phi) is 8.43. The van der Waals surface area contributed by atoms with Crippen molar-refractivity contribution < 1.29 is 21.9 Å². The van der Waals surface area contributed by atoms with E-state index in [0.29, 0.717) is 36.9 Å². The number of hydrogen-bond acceptors (Lipinski definition) is 6. The van der Waals surface area contributed by atoms with Gasteiger partial charge in [0.2, 0.25) is 17.8 Å². The highest BCUT2D eigenvalue weighted by Gasteiger charge is 2.42. The van der Waals surface area contributed by atoms with E-state index < -0.39 is 15.9 Å². The van der Waals surface area contributed by atoms with E-state index in [-0.39, 0.29) is 47.7 Å². The van der Waals surface area contributed by atoms with E-state index in [1.54, 1.807) is 24.3 Å². The van der Waals surface area contributed by atoms with E-state index in [4.69, 9.17) is 4.74 Å². The van der Waals surface area contributed by atoms with Crippen LogP contribution in [-0.4, -0.2) is 54.4 Å². The van der Waals surface area contributed by atoms with Crippen LogP contribution < -0.4 is 9.46 Å². The normalized spacial score (nSPS) is 25.2. The largest absolute Gasteiger partial charge is 0.473 e. The summed E-state index contributed by atoms with van der Waals surface area (Å²) in [6, 6.07) is 15.0. The summed E-state index contributed by atoms with van der Waals surface area (Å²) in [4.78, 5) is 11.8. The Morgan fingerprint density at radius 2 is 1.73 bits per heavy atom. The van der Waals surface area contributed by atoms with Crippen molar-refractivity contribution in [2.45, 2.75) is 95.1 Å². The van der Waals surface area contributed by atoms with Gasteiger partial charge in [-0.3, -0.25) is 4.90 Å². The molecule has 0 amide bonds. The Morgan fingerprint density at radius 1 is 1.02 bits per heavy atom. The minimum absolute atomic E-state index is 0.0198. The lowest BCUT2D eigenvalue weighted by Gasteiger charge is -2.38. The molecule has 1 aliphatic carbocycles. The number of alkyl halides is 2. The predicted molar refractivity (Wildman–Crippen MR) is 168 cm³/mol. The number of benzene rings is 2. The zero-order chi connectivity index (χ0) is 31.2. The molecular weight excluding hydrogens is 582 g/mol. The van der Waals surface area contributed by atoms with Crippen molar-refractivity contribution in [3.8, 4) is 17.1 Å². The summed E-state index contributed by atoms with van der Waals surface area (Å²) in [7, 11) is -3.99. The average Bonchev–Trinajstić information content (AvgIpc) is 3.11. The molecule has 1 N–H and O–H groups in total. The lowest BCUT2D eigenvalue weighted by molar-refractivity contribution is -0.0565. The topological polar surface area (TPSA) is 84.4 Å². The molecule has 1 aromatic heterocycles. The first-order chi connectivity index (χ1) is 20.9. The van der Waals surface area contributed by atoms with Crippen molar-refractivity contribution in [3.05, 3.63) is 65.2 Å². The number of nitrogens with zero attached hydrogens (tertiary/aromatic N) is 3. The molecular formula is C34H42F2N4O3S. The summed E-state index contributed by atoms with van der Waals surface area (Å²) in [5.74, 6) is -1.92. The molecule has 0 spiro atoms. The summed E-state index contributed by atoms with van der Waals surface area (Å²) in [5.41, 5.74) is 4.43. The summed E-state index contributed by atoms with van der Waals surface area (Å²) >= 11 is 0. The molecule has 3 aliphatic rings. The van der Waals surface area contributed by atoms with Gasteiger partial charge >= 0.3 is 0 Å². The van der Waals surface area contributed by atoms with Gasteiger partial charge in [0.1, 0.15) is 6.10 Å². The first kappa shape index (κ1) is 30.9. The van der Waals surface area contributed by atoms with Crippen LogP contribution in [0.1, 0.15) is 75.0 Å². The maximum Gasteiger partial charge on any atom is 0.264 e. The monoisotopic (exact) mass is 624 g/mol. The van der Waals surface area contributed by atoms with Crippen LogP contribution in [0.5, 0.6) is 5.88 Å². The molecule has 6 bridgehead atoms. The lowest BCUT2D eigenvalue weighted by atomic mass is 9.77. The molecule has 236 valence electrons. The van der Waals surface area contributed by atoms with Gasteiger partial charge in [-0.2, -0.15) is 4.98 Å². The van der Waals surface area contributed by atoms with Crippen LogP contribution in [0.15, 0.2) is 53.4 Å². The second-order valence-electron chi connectivity index (χ2n) is 13.3. The Morgan fingerprint density at radius 3 is 2.43 bits per heavy atom. The number of anilines is 1. The number of ether oxygens (including phenoxy) is 1. The van der Waals surface area contributed by atoms with Gasteiger partial charge in [-0.05, 0) is 86.7 Å². The second-order valence-corrected chi connectivity index (χ2v) is 15.0. The third-order valence-electron chi connectivity index (χ3n) is 9.62. The lowest BCUT2D eigenvalue weighted by Crippen LogP contribution is -2.46. The van der Waals surface area contributed by atoms with E-state index in [0.717, 1.165) is 41.6 Å². The van der Waals surface area contributed by atoms with Gasteiger partial charge in [0, 0.05) is 43.0 Å². The first-order valence-electron chi connectivity index (χ1n) is 15.8. The van der Waals surface area contributed by atoms with Crippen LogP contribution in [0.4, 0.5) is 14.7 Å². The zero-order valence-electron chi connectivity index (χ0n) is 25.9. The average molecular weight is 625 g/mol. The summed E-state index contributed by atoms with van der Waals surface area (Å²) in [6.45, 7) is 9.70. The number of rotatable bonds is 4. The number of sulfonamides is 1. The van der Waals surface area contributed by atoms with Crippen LogP contribution >= 0.6 is 0 Å². The van der Waals surface area contributed by atoms with Gasteiger partial charge in [-0.15, -0.1) is 0 Å². The van der Waals surface area contributed by atoms with Crippen molar-refractivity contribution in [2.75, 3.05) is 17.8 Å². The van der Waals surface area contributed by atoms with Crippen LogP contribution in [-0.2, 0) is 10.0 Å². The minimum atomic E-state index is -3.99. The van der Waals surface area contributed by atoms with Crippen molar-refractivity contribution in [2.24, 2.45) is 11.8 Å². The molecule has 3 atom stereocenters. The van der Waals surface area contributed by atoms with Crippen molar-refractivity contribution >= 4 is 16.0 Å². The Balaban J connectivity index is 1.50. The smallest absolute Gasteiger partial charge is 0.264 e. The number of aryl methyl sites for hydroxylation is 2. The van der Waals surface area contributed by atoms with Crippen LogP contribution in [0.3, 0.4) is 0 Å². The number of nitrogens with one attached hydrogen (secondary N) is 1. The summed E-state index contributed by atoms with van der Waals surface area (Å²) < 4.78 is 65.1. The molecule has 3 heterocycles. The van der Waals surface area contributed by atoms with Crippen LogP contribution in [0.25, 0.3) is 11.3 Å². The van der Waals surface area contributed by atoms with E-state index in [1.165, 1.54) is 0 Å². The number of hydrogen-bond donors (Lipinski definition) is 1. The third-order valence-corrected chi connectivity index (χ3v) is 10.9. The third kappa shape index (κ3) is 6.47. The molecule has 1 unspecified atom stereocenters. The molecule has 44 heavy (non-hydrogen) atoms. The molecule has 3 aromatic rings. The Bertz CT molecular complexity index is 1600. The standard InChI is InChI=1S/C34H42F2N4O3S/c1-21(2)17-28-27-13-16-40(25-11-14-34(35,36)15-12-25)20-30(28)43-31-19-29(32-22(3)7-5-8-23(32)4)37-33(38-31)39-44(41,42)26-10-6-9-24(27)18-26/h5-10,18-19,21,25,27-28,30H,11-17,20H2,1-4H3,(H,37,38,39)/t27?,28-,30-/m0/s1. The number of aromatic nitrogens is 2. The van der Waals surface area contributed by atoms with E-state index in [1.807, 2.05) is 38.1 Å². The van der Waals surface area contributed by atoms with Crippen molar-refractivity contribution in [1.29, 1.82) is 0 Å². The summed E-state index contributed by atoms with van der Waals surface area (Å²) in [5, 5.41) is 0. The van der Waals surface area contributed by atoms with E-state index in [9.17, 15) is 17.2 Å². The maximum absolute atomic E-state index is 14.1. The Labute approximate surface area is 259 Å². The highest BCUT2D eigenvalue weighted by molar-refractivity contribution is 7.92. The van der Waals surface area contributed by atoms with Gasteiger partial charge in [-0.25, -0.2) is 26.9 Å². The highest BCUT2D eigenvalue weighted by atomic mass is 32.2. The fourth-order valence-corrected chi connectivity index (χ4v) is 8.48. The SMILES string of the molecule is Cc1cccc(C)c1-c1cc2nc(n1)NS(=O)(=O)c1cccc(c1)C1CCN(C3CCC(F)(F)CC3)C[C@H](O2)[C@H]1CC(C)C. The summed E-state index contributed by atoms with van der Waals surface area (Å²) in [6.07, 6.45) is 2.06. The molecule has 1 saturated carbocycles. The molecule has 0 radical (unpaired) electrons. The minimum Gasteiger partial charge on any atom is -0.473 e. The van der Waals surface area contributed by atoms with Gasteiger partial charge in [0.05, 0.1) is 10.6 Å². The molecule has 1 saturated heterocycles. The number of likely N-dealkylation sites (tertiary alicyclic amines) is 1. The number of halogens is 2. The zero-order valence-corrected chi connectivity index (χ0v) is 26.7.